The molecular formula is C16H14N2O. The van der Waals surface area contributed by atoms with E-state index in [2.05, 4.69) is 23.3 Å². The Balaban J connectivity index is 1.82. The highest BCUT2D eigenvalue weighted by Crippen LogP contribution is 2.24. The van der Waals surface area contributed by atoms with Gasteiger partial charge in [-0.25, -0.2) is 4.98 Å². The quantitative estimate of drug-likeness (QED) is 0.749. The Morgan fingerprint density at radius 1 is 1.00 bits per heavy atom. The summed E-state index contributed by atoms with van der Waals surface area (Å²) in [6.45, 7) is 2.05. The Labute approximate surface area is 111 Å². The summed E-state index contributed by atoms with van der Waals surface area (Å²) in [5.74, 6) is 0.760. The van der Waals surface area contributed by atoms with Crippen LogP contribution in [0.25, 0.3) is 11.3 Å². The van der Waals surface area contributed by atoms with Crippen LogP contribution in [0.1, 0.15) is 5.56 Å². The van der Waals surface area contributed by atoms with E-state index in [4.69, 9.17) is 4.42 Å². The molecule has 0 radical (unpaired) electrons. The van der Waals surface area contributed by atoms with Crippen molar-refractivity contribution in [2.45, 2.75) is 6.92 Å². The minimum Gasteiger partial charge on any atom is -0.423 e. The standard InChI is InChI=1S/C16H14N2O/c1-12-6-5-9-14(10-12)18-16-17-11-15(19-16)13-7-3-2-4-8-13/h2-11H,1H3,(H,17,18). The summed E-state index contributed by atoms with van der Waals surface area (Å²) in [5, 5.41) is 3.16. The van der Waals surface area contributed by atoms with Crippen LogP contribution in [0.4, 0.5) is 11.7 Å². The maximum Gasteiger partial charge on any atom is 0.299 e. The van der Waals surface area contributed by atoms with Gasteiger partial charge in [-0.3, -0.25) is 0 Å². The molecule has 1 heterocycles. The molecular weight excluding hydrogens is 236 g/mol. The van der Waals surface area contributed by atoms with E-state index in [-0.39, 0.29) is 0 Å². The number of hydrogen-bond acceptors (Lipinski definition) is 3. The van der Waals surface area contributed by atoms with E-state index < -0.39 is 0 Å². The van der Waals surface area contributed by atoms with E-state index in [1.807, 2.05) is 48.5 Å². The lowest BCUT2D eigenvalue weighted by atomic mass is 10.2. The number of rotatable bonds is 3. The molecule has 0 unspecified atom stereocenters. The molecule has 1 aromatic heterocycles. The molecule has 3 aromatic rings. The van der Waals surface area contributed by atoms with Crippen LogP contribution in [-0.4, -0.2) is 4.98 Å². The molecule has 2 aromatic carbocycles. The maximum absolute atomic E-state index is 5.69. The second-order valence-electron chi connectivity index (χ2n) is 4.39. The van der Waals surface area contributed by atoms with Crippen molar-refractivity contribution >= 4 is 11.7 Å². The summed E-state index contributed by atoms with van der Waals surface area (Å²) in [4.78, 5) is 4.24. The molecule has 19 heavy (non-hydrogen) atoms. The zero-order valence-electron chi connectivity index (χ0n) is 10.6. The zero-order valence-corrected chi connectivity index (χ0v) is 10.6. The molecule has 3 nitrogen and oxygen atoms in total. The minimum absolute atomic E-state index is 0.504. The molecule has 0 saturated carbocycles. The van der Waals surface area contributed by atoms with Crippen molar-refractivity contribution in [3.8, 4) is 11.3 Å². The fourth-order valence-electron chi connectivity index (χ4n) is 1.91. The van der Waals surface area contributed by atoms with Crippen LogP contribution in [0, 0.1) is 6.92 Å². The van der Waals surface area contributed by atoms with Crippen molar-refractivity contribution in [3.63, 3.8) is 0 Å². The van der Waals surface area contributed by atoms with Gasteiger partial charge >= 0.3 is 0 Å². The van der Waals surface area contributed by atoms with Gasteiger partial charge in [0.1, 0.15) is 0 Å². The molecule has 94 valence electrons. The third-order valence-corrected chi connectivity index (χ3v) is 2.83. The fraction of sp³-hybridized carbons (Fsp3) is 0.0625. The average molecular weight is 250 g/mol. The van der Waals surface area contributed by atoms with E-state index >= 15 is 0 Å². The molecule has 3 heteroatoms. The smallest absolute Gasteiger partial charge is 0.299 e. The van der Waals surface area contributed by atoms with Crippen molar-refractivity contribution < 1.29 is 4.42 Å². The number of nitrogens with one attached hydrogen (secondary N) is 1. The number of benzene rings is 2. The highest BCUT2D eigenvalue weighted by Gasteiger charge is 2.05. The number of anilines is 2. The molecule has 0 atom stereocenters. The zero-order chi connectivity index (χ0) is 13.1. The predicted octanol–water partition coefficient (Wildman–Crippen LogP) is 4.39. The van der Waals surface area contributed by atoms with Crippen LogP contribution in [0.2, 0.25) is 0 Å². The van der Waals surface area contributed by atoms with Gasteiger partial charge in [0.25, 0.3) is 6.01 Å². The lowest BCUT2D eigenvalue weighted by molar-refractivity contribution is 0.592. The summed E-state index contributed by atoms with van der Waals surface area (Å²) in [7, 11) is 0. The van der Waals surface area contributed by atoms with E-state index in [9.17, 15) is 0 Å². The largest absolute Gasteiger partial charge is 0.423 e. The van der Waals surface area contributed by atoms with E-state index in [0.29, 0.717) is 6.01 Å². The topological polar surface area (TPSA) is 38.1 Å². The number of oxazole rings is 1. The Morgan fingerprint density at radius 2 is 1.84 bits per heavy atom. The van der Waals surface area contributed by atoms with Crippen LogP contribution < -0.4 is 5.32 Å². The van der Waals surface area contributed by atoms with Gasteiger partial charge in [0.05, 0.1) is 6.20 Å². The maximum atomic E-state index is 5.69. The van der Waals surface area contributed by atoms with Crippen LogP contribution in [0.5, 0.6) is 0 Å². The van der Waals surface area contributed by atoms with Crippen LogP contribution in [0.15, 0.2) is 65.2 Å². The molecule has 0 amide bonds. The highest BCUT2D eigenvalue weighted by atomic mass is 16.4. The number of nitrogens with zero attached hydrogens (tertiary/aromatic N) is 1. The van der Waals surface area contributed by atoms with Crippen molar-refractivity contribution in [2.75, 3.05) is 5.32 Å². The molecule has 0 saturated heterocycles. The second-order valence-corrected chi connectivity index (χ2v) is 4.39. The Bertz CT molecular complexity index is 674. The lowest BCUT2D eigenvalue weighted by Crippen LogP contribution is -1.89. The van der Waals surface area contributed by atoms with Gasteiger partial charge in [-0.15, -0.1) is 0 Å². The number of aromatic nitrogens is 1. The van der Waals surface area contributed by atoms with Crippen LogP contribution in [-0.2, 0) is 0 Å². The molecule has 0 aliphatic carbocycles. The van der Waals surface area contributed by atoms with Gasteiger partial charge in [0, 0.05) is 11.3 Å². The first-order valence-electron chi connectivity index (χ1n) is 6.16. The summed E-state index contributed by atoms with van der Waals surface area (Å²) >= 11 is 0. The Kier molecular flexibility index (Phi) is 3.02. The average Bonchev–Trinajstić information content (AvgIpc) is 2.88. The van der Waals surface area contributed by atoms with Gasteiger partial charge < -0.3 is 9.73 Å². The first-order valence-corrected chi connectivity index (χ1v) is 6.16. The molecule has 0 aliphatic rings. The molecule has 0 bridgehead atoms. The van der Waals surface area contributed by atoms with Crippen molar-refractivity contribution in [2.24, 2.45) is 0 Å². The van der Waals surface area contributed by atoms with Crippen molar-refractivity contribution in [3.05, 3.63) is 66.4 Å². The third-order valence-electron chi connectivity index (χ3n) is 2.83. The van der Waals surface area contributed by atoms with Gasteiger partial charge in [-0.1, -0.05) is 42.5 Å². The minimum atomic E-state index is 0.504. The van der Waals surface area contributed by atoms with Crippen LogP contribution in [0.3, 0.4) is 0 Å². The van der Waals surface area contributed by atoms with Gasteiger partial charge in [0.2, 0.25) is 0 Å². The molecule has 1 N–H and O–H groups in total. The second kappa shape index (κ2) is 4.98. The molecule has 0 fully saturated rings. The number of aryl methyl sites for hydroxylation is 1. The summed E-state index contributed by atoms with van der Waals surface area (Å²) in [6, 6.07) is 18.5. The van der Waals surface area contributed by atoms with Crippen molar-refractivity contribution in [1.29, 1.82) is 0 Å². The Morgan fingerprint density at radius 3 is 2.63 bits per heavy atom. The van der Waals surface area contributed by atoms with Gasteiger partial charge in [-0.2, -0.15) is 0 Å². The summed E-state index contributed by atoms with van der Waals surface area (Å²) in [6.07, 6.45) is 1.73. The number of hydrogen-bond donors (Lipinski definition) is 1. The van der Waals surface area contributed by atoms with Gasteiger partial charge in [0.15, 0.2) is 5.76 Å². The summed E-state index contributed by atoms with van der Waals surface area (Å²) < 4.78 is 5.69. The third kappa shape index (κ3) is 2.65. The van der Waals surface area contributed by atoms with Crippen molar-refractivity contribution in [1.82, 2.24) is 4.98 Å². The Hall–Kier alpha value is -2.55. The lowest BCUT2D eigenvalue weighted by Gasteiger charge is -2.02. The first kappa shape index (κ1) is 11.5. The normalized spacial score (nSPS) is 10.4. The predicted molar refractivity (Wildman–Crippen MR) is 76.4 cm³/mol. The molecule has 0 spiro atoms. The summed E-state index contributed by atoms with van der Waals surface area (Å²) in [5.41, 5.74) is 3.19. The molecule has 0 aliphatic heterocycles. The monoisotopic (exact) mass is 250 g/mol. The SMILES string of the molecule is Cc1cccc(Nc2ncc(-c3ccccc3)o2)c1. The van der Waals surface area contributed by atoms with E-state index in [0.717, 1.165) is 17.0 Å². The first-order chi connectivity index (χ1) is 9.31. The fourth-order valence-corrected chi connectivity index (χ4v) is 1.91. The van der Waals surface area contributed by atoms with Gasteiger partial charge in [-0.05, 0) is 24.6 Å². The van der Waals surface area contributed by atoms with Crippen LogP contribution >= 0.6 is 0 Å². The van der Waals surface area contributed by atoms with E-state index in [1.54, 1.807) is 6.20 Å². The molecule has 3 rings (SSSR count). The van der Waals surface area contributed by atoms with E-state index in [1.165, 1.54) is 5.56 Å². The highest BCUT2D eigenvalue weighted by molar-refractivity contribution is 5.59.